The van der Waals surface area contributed by atoms with Gasteiger partial charge >= 0.3 is 0 Å². The molecule has 0 fully saturated rings. The first-order valence-corrected chi connectivity index (χ1v) is 8.27. The molecule has 6 nitrogen and oxygen atoms in total. The first-order chi connectivity index (χ1) is 11.5. The molecule has 0 saturated carbocycles. The highest BCUT2D eigenvalue weighted by molar-refractivity contribution is 6.30. The summed E-state index contributed by atoms with van der Waals surface area (Å²) in [5, 5.41) is 16.7. The molecule has 0 aliphatic rings. The summed E-state index contributed by atoms with van der Waals surface area (Å²) in [6.45, 7) is 6.22. The van der Waals surface area contributed by atoms with E-state index in [1.165, 1.54) is 0 Å². The van der Waals surface area contributed by atoms with Crippen LogP contribution in [0.15, 0.2) is 47.1 Å². The molecule has 0 saturated heterocycles. The zero-order valence-electron chi connectivity index (χ0n) is 13.8. The van der Waals surface area contributed by atoms with E-state index in [4.69, 9.17) is 16.0 Å². The van der Waals surface area contributed by atoms with Crippen LogP contribution in [0.1, 0.15) is 38.7 Å². The van der Waals surface area contributed by atoms with Gasteiger partial charge < -0.3 is 9.73 Å². The van der Waals surface area contributed by atoms with Crippen LogP contribution >= 0.6 is 11.6 Å². The summed E-state index contributed by atoms with van der Waals surface area (Å²) in [5.41, 5.74) is 0.811. The molecule has 0 aliphatic heterocycles. The lowest BCUT2D eigenvalue weighted by atomic mass is 10.1. The number of nitrogens with one attached hydrogen (secondary N) is 1. The van der Waals surface area contributed by atoms with Gasteiger partial charge in [-0.2, -0.15) is 5.10 Å². The van der Waals surface area contributed by atoms with E-state index in [9.17, 15) is 0 Å². The van der Waals surface area contributed by atoms with Crippen LogP contribution in [0, 0.1) is 0 Å². The molecule has 126 valence electrons. The van der Waals surface area contributed by atoms with Gasteiger partial charge in [0.1, 0.15) is 0 Å². The fourth-order valence-electron chi connectivity index (χ4n) is 2.50. The van der Waals surface area contributed by atoms with Crippen LogP contribution in [-0.2, 0) is 0 Å². The minimum atomic E-state index is -0.0709. The maximum Gasteiger partial charge on any atom is 0.247 e. The second-order valence-electron chi connectivity index (χ2n) is 5.86. The van der Waals surface area contributed by atoms with E-state index in [2.05, 4.69) is 34.5 Å². The first kappa shape index (κ1) is 16.7. The Kier molecular flexibility index (Phi) is 4.97. The van der Waals surface area contributed by atoms with Crippen molar-refractivity contribution in [2.75, 3.05) is 0 Å². The van der Waals surface area contributed by atoms with Crippen LogP contribution in [-0.4, -0.2) is 26.0 Å². The number of nitrogens with zero attached hydrogens (tertiary/aromatic N) is 4. The minimum Gasteiger partial charge on any atom is -0.419 e. The Morgan fingerprint density at radius 3 is 2.71 bits per heavy atom. The molecule has 1 N–H and O–H groups in total. The topological polar surface area (TPSA) is 68.8 Å². The van der Waals surface area contributed by atoms with Crippen LogP contribution in [0.25, 0.3) is 11.5 Å². The van der Waals surface area contributed by atoms with Crippen LogP contribution in [0.2, 0.25) is 5.02 Å². The van der Waals surface area contributed by atoms with E-state index < -0.39 is 0 Å². The highest BCUT2D eigenvalue weighted by Crippen LogP contribution is 2.24. The fourth-order valence-corrected chi connectivity index (χ4v) is 2.69. The monoisotopic (exact) mass is 345 g/mol. The predicted molar refractivity (Wildman–Crippen MR) is 92.7 cm³/mol. The molecule has 3 aromatic rings. The molecule has 1 aromatic carbocycles. The number of aromatic nitrogens is 4. The third-order valence-electron chi connectivity index (χ3n) is 4.06. The molecule has 0 aliphatic carbocycles. The summed E-state index contributed by atoms with van der Waals surface area (Å²) in [7, 11) is 0. The molecule has 0 amide bonds. The SMILES string of the molecule is CC(NC(C)C(C)n1cccn1)c1nnc(-c2cccc(Cl)c2)o1. The minimum absolute atomic E-state index is 0.0709. The van der Waals surface area contributed by atoms with E-state index in [-0.39, 0.29) is 18.1 Å². The maximum absolute atomic E-state index is 6.01. The van der Waals surface area contributed by atoms with E-state index >= 15 is 0 Å². The van der Waals surface area contributed by atoms with Gasteiger partial charge in [0, 0.05) is 29.0 Å². The fraction of sp³-hybridized carbons (Fsp3) is 0.353. The van der Waals surface area contributed by atoms with Gasteiger partial charge in [-0.1, -0.05) is 17.7 Å². The molecule has 0 bridgehead atoms. The highest BCUT2D eigenvalue weighted by Gasteiger charge is 2.21. The molecule has 0 spiro atoms. The second kappa shape index (κ2) is 7.15. The third-order valence-corrected chi connectivity index (χ3v) is 4.30. The van der Waals surface area contributed by atoms with Gasteiger partial charge in [-0.15, -0.1) is 10.2 Å². The smallest absolute Gasteiger partial charge is 0.247 e. The molecule has 3 rings (SSSR count). The quantitative estimate of drug-likeness (QED) is 0.734. The lowest BCUT2D eigenvalue weighted by Crippen LogP contribution is -2.35. The largest absolute Gasteiger partial charge is 0.419 e. The van der Waals surface area contributed by atoms with Crippen LogP contribution in [0.3, 0.4) is 0 Å². The number of halogens is 1. The second-order valence-corrected chi connectivity index (χ2v) is 6.30. The van der Waals surface area contributed by atoms with E-state index in [0.717, 1.165) is 5.56 Å². The highest BCUT2D eigenvalue weighted by atomic mass is 35.5. The molecule has 3 atom stereocenters. The predicted octanol–water partition coefficient (Wildman–Crippen LogP) is 3.89. The van der Waals surface area contributed by atoms with Crippen molar-refractivity contribution >= 4 is 11.6 Å². The average Bonchev–Trinajstić information content (AvgIpc) is 3.25. The molecule has 7 heteroatoms. The van der Waals surface area contributed by atoms with Crippen molar-refractivity contribution in [3.63, 3.8) is 0 Å². The molecular weight excluding hydrogens is 326 g/mol. The van der Waals surface area contributed by atoms with E-state index in [1.54, 1.807) is 12.3 Å². The summed E-state index contributed by atoms with van der Waals surface area (Å²) in [4.78, 5) is 0. The molecule has 24 heavy (non-hydrogen) atoms. The summed E-state index contributed by atoms with van der Waals surface area (Å²) >= 11 is 6.01. The van der Waals surface area contributed by atoms with Gasteiger partial charge in [0.05, 0.1) is 12.1 Å². The van der Waals surface area contributed by atoms with Gasteiger partial charge in [-0.3, -0.25) is 4.68 Å². The Labute approximate surface area is 145 Å². The standard InChI is InChI=1S/C17H20ClN5O/c1-11(13(3)23-9-5-8-19-23)20-12(2)16-21-22-17(24-16)14-6-4-7-15(18)10-14/h4-13,20H,1-3H3. The van der Waals surface area contributed by atoms with Crippen LogP contribution < -0.4 is 5.32 Å². The van der Waals surface area contributed by atoms with Gasteiger partial charge in [0.15, 0.2) is 0 Å². The summed E-state index contributed by atoms with van der Waals surface area (Å²) < 4.78 is 7.72. The van der Waals surface area contributed by atoms with Gasteiger partial charge in [0.2, 0.25) is 11.8 Å². The van der Waals surface area contributed by atoms with Crippen molar-refractivity contribution in [1.29, 1.82) is 0 Å². The van der Waals surface area contributed by atoms with Crippen molar-refractivity contribution in [3.8, 4) is 11.5 Å². The lowest BCUT2D eigenvalue weighted by molar-refractivity contribution is 0.317. The third kappa shape index (κ3) is 3.66. The van der Waals surface area contributed by atoms with Crippen molar-refractivity contribution in [1.82, 2.24) is 25.3 Å². The molecule has 2 aromatic heterocycles. The van der Waals surface area contributed by atoms with Crippen molar-refractivity contribution < 1.29 is 4.42 Å². The zero-order chi connectivity index (χ0) is 17.1. The number of hydrogen-bond donors (Lipinski definition) is 1. The normalized spacial score (nSPS) is 15.2. The lowest BCUT2D eigenvalue weighted by Gasteiger charge is -2.24. The molecule has 0 radical (unpaired) electrons. The van der Waals surface area contributed by atoms with Crippen molar-refractivity contribution in [3.05, 3.63) is 53.6 Å². The summed E-state index contributed by atoms with van der Waals surface area (Å²) in [6, 6.07) is 9.60. The summed E-state index contributed by atoms with van der Waals surface area (Å²) in [6.07, 6.45) is 3.74. The number of hydrogen-bond acceptors (Lipinski definition) is 5. The zero-order valence-corrected chi connectivity index (χ0v) is 14.6. The van der Waals surface area contributed by atoms with Gasteiger partial charge in [0.25, 0.3) is 0 Å². The van der Waals surface area contributed by atoms with Crippen LogP contribution in [0.4, 0.5) is 0 Å². The van der Waals surface area contributed by atoms with Crippen LogP contribution in [0.5, 0.6) is 0 Å². The number of rotatable bonds is 6. The Bertz CT molecular complexity index is 786. The molecule has 3 unspecified atom stereocenters. The first-order valence-electron chi connectivity index (χ1n) is 7.89. The molecular formula is C17H20ClN5O. The Balaban J connectivity index is 1.68. The van der Waals surface area contributed by atoms with Crippen molar-refractivity contribution in [2.45, 2.75) is 38.9 Å². The van der Waals surface area contributed by atoms with E-state index in [0.29, 0.717) is 16.8 Å². The summed E-state index contributed by atoms with van der Waals surface area (Å²) in [5.74, 6) is 1.01. The maximum atomic E-state index is 6.01. The Morgan fingerprint density at radius 1 is 1.17 bits per heavy atom. The van der Waals surface area contributed by atoms with Gasteiger partial charge in [-0.05, 0) is 45.0 Å². The van der Waals surface area contributed by atoms with Gasteiger partial charge in [-0.25, -0.2) is 0 Å². The average molecular weight is 346 g/mol. The van der Waals surface area contributed by atoms with E-state index in [1.807, 2.05) is 42.1 Å². The Hall–Kier alpha value is -2.18. The Morgan fingerprint density at radius 2 is 2.00 bits per heavy atom. The number of benzene rings is 1. The molecule has 2 heterocycles. The van der Waals surface area contributed by atoms with Crippen molar-refractivity contribution in [2.24, 2.45) is 0 Å².